The Balaban J connectivity index is 2.07. The molecule has 2 aromatic rings. The molecule has 0 bridgehead atoms. The lowest BCUT2D eigenvalue weighted by molar-refractivity contribution is 0.428. The van der Waals surface area contributed by atoms with E-state index in [2.05, 4.69) is 90.5 Å². The second kappa shape index (κ2) is 7.77. The van der Waals surface area contributed by atoms with Gasteiger partial charge in [-0.2, -0.15) is 0 Å². The summed E-state index contributed by atoms with van der Waals surface area (Å²) >= 11 is 3.61. The van der Waals surface area contributed by atoms with E-state index in [9.17, 15) is 0 Å². The molecule has 0 aromatic heterocycles. The lowest BCUT2D eigenvalue weighted by atomic mass is 9.97. The normalized spacial score (nSPS) is 12.6. The van der Waals surface area contributed by atoms with Crippen LogP contribution in [0.5, 0.6) is 0 Å². The Morgan fingerprint density at radius 1 is 1.05 bits per heavy atom. The zero-order valence-corrected chi connectivity index (χ0v) is 14.7. The van der Waals surface area contributed by atoms with Gasteiger partial charge >= 0.3 is 0 Å². The van der Waals surface area contributed by atoms with Gasteiger partial charge in [0.2, 0.25) is 0 Å². The zero-order chi connectivity index (χ0) is 15.2. The molecular formula is C19H24BrN. The van der Waals surface area contributed by atoms with Crippen LogP contribution >= 0.6 is 15.9 Å². The van der Waals surface area contributed by atoms with Crippen molar-refractivity contribution in [2.45, 2.75) is 39.8 Å². The number of halogens is 1. The fraction of sp³-hybridized carbons (Fsp3) is 0.368. The molecule has 1 unspecified atom stereocenters. The van der Waals surface area contributed by atoms with Gasteiger partial charge in [0, 0.05) is 17.1 Å². The lowest BCUT2D eigenvalue weighted by Gasteiger charge is -2.21. The third kappa shape index (κ3) is 4.98. The Morgan fingerprint density at radius 2 is 1.76 bits per heavy atom. The fourth-order valence-electron chi connectivity index (χ4n) is 2.48. The lowest BCUT2D eigenvalue weighted by Crippen LogP contribution is -2.22. The van der Waals surface area contributed by atoms with Gasteiger partial charge in [-0.25, -0.2) is 0 Å². The molecule has 0 amide bonds. The summed E-state index contributed by atoms with van der Waals surface area (Å²) in [7, 11) is 0. The maximum absolute atomic E-state index is 3.71. The van der Waals surface area contributed by atoms with Gasteiger partial charge in [-0.1, -0.05) is 72.2 Å². The molecule has 0 saturated carbocycles. The second-order valence-corrected chi connectivity index (χ2v) is 6.91. The average Bonchev–Trinajstić information content (AvgIpc) is 2.47. The van der Waals surface area contributed by atoms with Crippen LogP contribution < -0.4 is 5.32 Å². The summed E-state index contributed by atoms with van der Waals surface area (Å²) in [6.07, 6.45) is 1.15. The van der Waals surface area contributed by atoms with E-state index in [0.717, 1.165) is 13.0 Å². The van der Waals surface area contributed by atoms with E-state index in [-0.39, 0.29) is 0 Å². The molecule has 2 heteroatoms. The molecule has 1 atom stereocenters. The molecule has 0 fully saturated rings. The van der Waals surface area contributed by atoms with Crippen molar-refractivity contribution in [2.75, 3.05) is 0 Å². The van der Waals surface area contributed by atoms with E-state index in [1.54, 1.807) is 0 Å². The molecule has 0 aliphatic rings. The molecule has 0 aliphatic carbocycles. The SMILES string of the molecule is Cc1ccc(CNC(CC(C)C)c2ccccc2)cc1Br. The zero-order valence-electron chi connectivity index (χ0n) is 13.1. The number of rotatable bonds is 6. The van der Waals surface area contributed by atoms with Crippen molar-refractivity contribution in [3.05, 3.63) is 69.7 Å². The van der Waals surface area contributed by atoms with E-state index in [1.807, 2.05) is 0 Å². The summed E-state index contributed by atoms with van der Waals surface area (Å²) in [4.78, 5) is 0. The van der Waals surface area contributed by atoms with E-state index < -0.39 is 0 Å². The molecule has 2 aromatic carbocycles. The minimum Gasteiger partial charge on any atom is -0.306 e. The number of hydrogen-bond acceptors (Lipinski definition) is 1. The second-order valence-electron chi connectivity index (χ2n) is 6.06. The standard InChI is InChI=1S/C19H24BrN/c1-14(2)11-19(17-7-5-4-6-8-17)21-13-16-10-9-15(3)18(20)12-16/h4-10,12,14,19,21H,11,13H2,1-3H3. The quantitative estimate of drug-likeness (QED) is 0.714. The summed E-state index contributed by atoms with van der Waals surface area (Å²) in [5.41, 5.74) is 3.97. The van der Waals surface area contributed by atoms with Crippen LogP contribution in [0.15, 0.2) is 53.0 Å². The first-order chi connectivity index (χ1) is 10.1. The van der Waals surface area contributed by atoms with Crippen LogP contribution in [0.2, 0.25) is 0 Å². The molecule has 0 heterocycles. The van der Waals surface area contributed by atoms with Crippen LogP contribution in [-0.2, 0) is 6.54 Å². The number of aryl methyl sites for hydroxylation is 1. The van der Waals surface area contributed by atoms with Gasteiger partial charge in [-0.05, 0) is 42.0 Å². The Labute approximate surface area is 136 Å². The van der Waals surface area contributed by atoms with Crippen LogP contribution in [0, 0.1) is 12.8 Å². The topological polar surface area (TPSA) is 12.0 Å². The van der Waals surface area contributed by atoms with E-state index in [0.29, 0.717) is 12.0 Å². The molecule has 0 aliphatic heterocycles. The number of nitrogens with one attached hydrogen (secondary N) is 1. The first kappa shape index (κ1) is 16.3. The molecule has 1 nitrogen and oxygen atoms in total. The summed E-state index contributed by atoms with van der Waals surface area (Å²) in [5.74, 6) is 0.674. The summed E-state index contributed by atoms with van der Waals surface area (Å²) in [6.45, 7) is 7.57. The Hall–Kier alpha value is -1.12. The van der Waals surface area contributed by atoms with Gasteiger partial charge in [-0.3, -0.25) is 0 Å². The van der Waals surface area contributed by atoms with Crippen molar-refractivity contribution < 1.29 is 0 Å². The average molecular weight is 346 g/mol. The van der Waals surface area contributed by atoms with Crippen molar-refractivity contribution >= 4 is 15.9 Å². The van der Waals surface area contributed by atoms with Crippen molar-refractivity contribution in [3.63, 3.8) is 0 Å². The summed E-state index contributed by atoms with van der Waals surface area (Å²) < 4.78 is 1.18. The highest BCUT2D eigenvalue weighted by Gasteiger charge is 2.12. The van der Waals surface area contributed by atoms with Gasteiger partial charge in [0.1, 0.15) is 0 Å². The van der Waals surface area contributed by atoms with Gasteiger partial charge < -0.3 is 5.32 Å². The van der Waals surface area contributed by atoms with Crippen LogP contribution in [0.1, 0.15) is 43.0 Å². The van der Waals surface area contributed by atoms with Gasteiger partial charge in [0.05, 0.1) is 0 Å². The van der Waals surface area contributed by atoms with E-state index >= 15 is 0 Å². The molecule has 21 heavy (non-hydrogen) atoms. The molecular weight excluding hydrogens is 322 g/mol. The smallest absolute Gasteiger partial charge is 0.0325 e. The molecule has 112 valence electrons. The minimum atomic E-state index is 0.409. The van der Waals surface area contributed by atoms with Crippen LogP contribution in [0.4, 0.5) is 0 Å². The predicted molar refractivity (Wildman–Crippen MR) is 94.4 cm³/mol. The van der Waals surface area contributed by atoms with E-state index in [1.165, 1.54) is 21.2 Å². The number of hydrogen-bond donors (Lipinski definition) is 1. The summed E-state index contributed by atoms with van der Waals surface area (Å²) in [6, 6.07) is 17.7. The fourth-order valence-corrected chi connectivity index (χ4v) is 2.91. The third-order valence-electron chi connectivity index (χ3n) is 3.70. The van der Waals surface area contributed by atoms with Gasteiger partial charge in [-0.15, -0.1) is 0 Å². The van der Waals surface area contributed by atoms with Crippen LogP contribution in [0.25, 0.3) is 0 Å². The minimum absolute atomic E-state index is 0.409. The van der Waals surface area contributed by atoms with Gasteiger partial charge in [0.15, 0.2) is 0 Å². The van der Waals surface area contributed by atoms with Crippen molar-refractivity contribution in [1.82, 2.24) is 5.32 Å². The van der Waals surface area contributed by atoms with Crippen molar-refractivity contribution in [3.8, 4) is 0 Å². The van der Waals surface area contributed by atoms with Crippen molar-refractivity contribution in [1.29, 1.82) is 0 Å². The monoisotopic (exact) mass is 345 g/mol. The van der Waals surface area contributed by atoms with Crippen LogP contribution in [-0.4, -0.2) is 0 Å². The Morgan fingerprint density at radius 3 is 2.38 bits per heavy atom. The molecule has 0 spiro atoms. The maximum atomic E-state index is 3.71. The largest absolute Gasteiger partial charge is 0.306 e. The van der Waals surface area contributed by atoms with Gasteiger partial charge in [0.25, 0.3) is 0 Å². The maximum Gasteiger partial charge on any atom is 0.0325 e. The highest BCUT2D eigenvalue weighted by molar-refractivity contribution is 9.10. The molecule has 0 saturated heterocycles. The highest BCUT2D eigenvalue weighted by atomic mass is 79.9. The Kier molecular flexibility index (Phi) is 6.01. The molecule has 1 N–H and O–H groups in total. The molecule has 2 rings (SSSR count). The Bertz CT molecular complexity index is 563. The highest BCUT2D eigenvalue weighted by Crippen LogP contribution is 2.23. The van der Waals surface area contributed by atoms with Crippen LogP contribution in [0.3, 0.4) is 0 Å². The third-order valence-corrected chi connectivity index (χ3v) is 4.55. The molecule has 0 radical (unpaired) electrons. The predicted octanol–water partition coefficient (Wildman–Crippen LogP) is 5.63. The first-order valence-corrected chi connectivity index (χ1v) is 8.39. The summed E-state index contributed by atoms with van der Waals surface area (Å²) in [5, 5.41) is 3.71. The van der Waals surface area contributed by atoms with Crippen molar-refractivity contribution in [2.24, 2.45) is 5.92 Å². The van der Waals surface area contributed by atoms with E-state index in [4.69, 9.17) is 0 Å². The first-order valence-electron chi connectivity index (χ1n) is 7.59. The number of benzene rings is 2.